The molecule has 0 heterocycles. The van der Waals surface area contributed by atoms with Crippen molar-refractivity contribution < 1.29 is 14.0 Å². The van der Waals surface area contributed by atoms with Gasteiger partial charge >= 0.3 is 0 Å². The molecule has 0 aliphatic heterocycles. The van der Waals surface area contributed by atoms with Gasteiger partial charge in [0.15, 0.2) is 0 Å². The van der Waals surface area contributed by atoms with Gasteiger partial charge in [-0.25, -0.2) is 0 Å². The molecule has 0 aromatic rings. The number of nitrogens with zero attached hydrogens (tertiary/aromatic N) is 1. The van der Waals surface area contributed by atoms with Crippen molar-refractivity contribution in [3.8, 4) is 0 Å². The second-order valence-corrected chi connectivity index (χ2v) is 20.2. The van der Waals surface area contributed by atoms with Crippen molar-refractivity contribution in [1.82, 2.24) is 4.67 Å². The number of ether oxygens (including phenoxy) is 2. The molecule has 0 fully saturated rings. The zero-order chi connectivity index (χ0) is 43.1. The van der Waals surface area contributed by atoms with Gasteiger partial charge in [0.1, 0.15) is 14.4 Å². The molecule has 0 saturated heterocycles. The van der Waals surface area contributed by atoms with Crippen LogP contribution in [-0.4, -0.2) is 56.0 Å². The first-order chi connectivity index (χ1) is 28.9. The van der Waals surface area contributed by atoms with Crippen LogP contribution in [0.1, 0.15) is 273 Å². The third-order valence-corrected chi connectivity index (χ3v) is 14.0. The normalized spacial score (nSPS) is 13.4. The minimum Gasteiger partial charge on any atom is -0.379 e. The highest BCUT2D eigenvalue weighted by molar-refractivity contribution is 7.49. The Morgan fingerprint density at radius 2 is 0.695 bits per heavy atom. The molecule has 0 spiro atoms. The number of allylic oxidation sites excluding steroid dienone is 4. The Balaban J connectivity index is 3.97. The highest BCUT2D eigenvalue weighted by Gasteiger charge is 2.23. The largest absolute Gasteiger partial charge is 0.379 e. The van der Waals surface area contributed by atoms with Gasteiger partial charge in [-0.15, -0.1) is 0 Å². The Labute approximate surface area is 373 Å². The van der Waals surface area contributed by atoms with E-state index < -0.39 is 8.30 Å². The van der Waals surface area contributed by atoms with E-state index in [0.717, 1.165) is 26.1 Å². The third kappa shape index (κ3) is 44.2. The third-order valence-electron chi connectivity index (χ3n) is 11.9. The van der Waals surface area contributed by atoms with E-state index in [2.05, 4.69) is 77.2 Å². The lowest BCUT2D eigenvalue weighted by Gasteiger charge is -2.35. The topological polar surface area (TPSA) is 30.9 Å². The summed E-state index contributed by atoms with van der Waals surface area (Å²) in [4.78, 5) is 0. The quantitative estimate of drug-likeness (QED) is 0.0347. The molecule has 4 nitrogen and oxygen atoms in total. The van der Waals surface area contributed by atoms with Gasteiger partial charge in [-0.3, -0.25) is 4.67 Å². The number of hydrogen-bond acceptors (Lipinski definition) is 4. The fourth-order valence-corrected chi connectivity index (χ4v) is 10.1. The van der Waals surface area contributed by atoms with Crippen molar-refractivity contribution in [2.75, 3.05) is 33.1 Å². The summed E-state index contributed by atoms with van der Waals surface area (Å²) in [6, 6.07) is 0.954. The van der Waals surface area contributed by atoms with Crippen molar-refractivity contribution in [3.63, 3.8) is 0 Å². The van der Waals surface area contributed by atoms with Crippen molar-refractivity contribution in [2.45, 2.75) is 291 Å². The standard InChI is InChI=1S/C54H108NO3P/c1-8-10-12-14-16-18-20-22-24-26-28-30-32-34-36-38-40-42-44-46-48-56-50-54(51-58-59(7)55(52(3)4)53(5)6)57-49-47-45-43-41-39-37-35-33-31-29-27-25-23-21-19-17-15-13-11-9-2/h22-25,52-54H,8-21,26-51H2,1-7H3/b24-22-,25-23+. The summed E-state index contributed by atoms with van der Waals surface area (Å²) in [5, 5.41) is 0. The van der Waals surface area contributed by atoms with Crippen molar-refractivity contribution in [3.05, 3.63) is 24.3 Å². The molecular weight excluding hydrogens is 742 g/mol. The molecule has 352 valence electrons. The minimum atomic E-state index is -0.649. The van der Waals surface area contributed by atoms with E-state index in [0.29, 0.717) is 25.3 Å². The molecule has 0 rings (SSSR count). The van der Waals surface area contributed by atoms with Crippen molar-refractivity contribution in [1.29, 1.82) is 0 Å². The lowest BCUT2D eigenvalue weighted by atomic mass is 10.1. The SMILES string of the molecule is CCCCCCCC/C=C\CCCCCCCCCCCCOCC(COP(C)N(C(C)C)C(C)C)OCCCCCCCCCCCC/C=C/CCCCCCCC. The van der Waals surface area contributed by atoms with E-state index in [4.69, 9.17) is 14.0 Å². The number of unbranched alkanes of at least 4 members (excludes halogenated alkanes) is 32. The van der Waals surface area contributed by atoms with Gasteiger partial charge in [0.25, 0.3) is 0 Å². The van der Waals surface area contributed by atoms with E-state index in [-0.39, 0.29) is 6.10 Å². The maximum atomic E-state index is 6.47. The van der Waals surface area contributed by atoms with Crippen LogP contribution < -0.4 is 0 Å². The Morgan fingerprint density at radius 1 is 0.390 bits per heavy atom. The van der Waals surface area contributed by atoms with E-state index in [9.17, 15) is 0 Å². The first-order valence-electron chi connectivity index (χ1n) is 26.6. The van der Waals surface area contributed by atoms with E-state index in [1.165, 1.54) is 218 Å². The minimum absolute atomic E-state index is 0.0260. The molecule has 0 bridgehead atoms. The lowest BCUT2D eigenvalue weighted by Crippen LogP contribution is -2.34. The molecule has 0 aliphatic rings. The maximum absolute atomic E-state index is 6.47. The van der Waals surface area contributed by atoms with Crippen molar-refractivity contribution in [2.24, 2.45) is 0 Å². The van der Waals surface area contributed by atoms with Gasteiger partial charge in [-0.1, -0.05) is 205 Å². The van der Waals surface area contributed by atoms with Gasteiger partial charge in [-0.2, -0.15) is 0 Å². The molecule has 5 heteroatoms. The van der Waals surface area contributed by atoms with Gasteiger partial charge in [0.05, 0.1) is 13.2 Å². The van der Waals surface area contributed by atoms with Gasteiger partial charge in [0, 0.05) is 25.3 Å². The lowest BCUT2D eigenvalue weighted by molar-refractivity contribution is -0.0384. The van der Waals surface area contributed by atoms with Crippen LogP contribution in [0.15, 0.2) is 24.3 Å². The molecule has 0 aliphatic carbocycles. The average Bonchev–Trinajstić information content (AvgIpc) is 3.21. The fourth-order valence-electron chi connectivity index (χ4n) is 8.33. The van der Waals surface area contributed by atoms with Crippen LogP contribution in [0.25, 0.3) is 0 Å². The molecule has 0 aromatic heterocycles. The highest BCUT2D eigenvalue weighted by Crippen LogP contribution is 2.41. The summed E-state index contributed by atoms with van der Waals surface area (Å²) in [5.74, 6) is 0. The van der Waals surface area contributed by atoms with Gasteiger partial charge < -0.3 is 14.0 Å². The maximum Gasteiger partial charge on any atom is 0.104 e. The van der Waals surface area contributed by atoms with Crippen LogP contribution in [-0.2, 0) is 14.0 Å². The second kappa shape index (κ2) is 48.8. The van der Waals surface area contributed by atoms with Crippen molar-refractivity contribution >= 4 is 8.30 Å². The zero-order valence-electron chi connectivity index (χ0n) is 41.4. The predicted octanol–water partition coefficient (Wildman–Crippen LogP) is 18.7. The van der Waals surface area contributed by atoms with Crippen LogP contribution in [0, 0.1) is 0 Å². The summed E-state index contributed by atoms with van der Waals surface area (Å²) < 4.78 is 21.6. The van der Waals surface area contributed by atoms with Crippen LogP contribution in [0.3, 0.4) is 0 Å². The van der Waals surface area contributed by atoms with Crippen LogP contribution in [0.4, 0.5) is 0 Å². The van der Waals surface area contributed by atoms with Gasteiger partial charge in [0.2, 0.25) is 0 Å². The van der Waals surface area contributed by atoms with E-state index in [1.807, 2.05) is 0 Å². The Bertz CT molecular complexity index is 839. The molecular formula is C54H108NO3P. The first-order valence-corrected chi connectivity index (χ1v) is 28.2. The molecule has 2 unspecified atom stereocenters. The number of rotatable bonds is 49. The number of hydrogen-bond donors (Lipinski definition) is 0. The average molecular weight is 850 g/mol. The fraction of sp³-hybridized carbons (Fsp3) is 0.926. The molecule has 0 radical (unpaired) electrons. The van der Waals surface area contributed by atoms with Gasteiger partial charge in [-0.05, 0) is 98.6 Å². The Morgan fingerprint density at radius 3 is 1.03 bits per heavy atom. The Hall–Kier alpha value is -0.250. The smallest absolute Gasteiger partial charge is 0.104 e. The Kier molecular flexibility index (Phi) is 48.6. The molecule has 59 heavy (non-hydrogen) atoms. The molecule has 0 amide bonds. The monoisotopic (exact) mass is 850 g/mol. The van der Waals surface area contributed by atoms with Crippen LogP contribution >= 0.6 is 8.30 Å². The summed E-state index contributed by atoms with van der Waals surface area (Å²) in [7, 11) is -0.649. The second-order valence-electron chi connectivity index (χ2n) is 18.6. The van der Waals surface area contributed by atoms with Crippen LogP contribution in [0.2, 0.25) is 0 Å². The van der Waals surface area contributed by atoms with Crippen LogP contribution in [0.5, 0.6) is 0 Å². The summed E-state index contributed by atoms with van der Waals surface area (Å²) in [6.45, 7) is 18.9. The zero-order valence-corrected chi connectivity index (χ0v) is 42.3. The van der Waals surface area contributed by atoms with E-state index >= 15 is 0 Å². The molecule has 2 atom stereocenters. The van der Waals surface area contributed by atoms with E-state index in [1.54, 1.807) is 0 Å². The predicted molar refractivity (Wildman–Crippen MR) is 267 cm³/mol. The highest BCUT2D eigenvalue weighted by atomic mass is 31.2. The summed E-state index contributed by atoms with van der Waals surface area (Å²) in [5.41, 5.74) is 0. The summed E-state index contributed by atoms with van der Waals surface area (Å²) in [6.07, 6.45) is 58.8. The first kappa shape index (κ1) is 58.8. The summed E-state index contributed by atoms with van der Waals surface area (Å²) >= 11 is 0. The molecule has 0 saturated carbocycles. The molecule has 0 aromatic carbocycles. The molecule has 0 N–H and O–H groups in total.